The van der Waals surface area contributed by atoms with Crippen molar-refractivity contribution in [3.05, 3.63) is 82.1 Å². The fraction of sp³-hybridized carbons (Fsp3) is 0.0625. The average molecular weight is 421 g/mol. The van der Waals surface area contributed by atoms with Crippen LogP contribution in [0.1, 0.15) is 10.4 Å². The van der Waals surface area contributed by atoms with Gasteiger partial charge < -0.3 is 4.83 Å². The van der Waals surface area contributed by atoms with Gasteiger partial charge in [0.25, 0.3) is 6.33 Å². The number of hydrogen-bond acceptors (Lipinski definition) is 4. The minimum Gasteiger partial charge on any atom is -0.439 e. The number of carbonyl (C=O) groups is 1. The topological polar surface area (TPSA) is 87.0 Å². The Morgan fingerprint density at radius 1 is 1.12 bits per heavy atom. The number of halogens is 1. The van der Waals surface area contributed by atoms with Gasteiger partial charge in [0.1, 0.15) is 10.0 Å². The molecule has 0 aliphatic heterocycles. The van der Waals surface area contributed by atoms with E-state index in [1.54, 1.807) is 42.5 Å². The number of nitrogens with zero attached hydrogens (tertiary/aromatic N) is 4. The first-order chi connectivity index (χ1) is 11.9. The van der Waals surface area contributed by atoms with Gasteiger partial charge in [0.05, 0.1) is 4.90 Å². The molecule has 0 radical (unpaired) electrons. The Morgan fingerprint density at radius 2 is 1.80 bits per heavy atom. The van der Waals surface area contributed by atoms with Crippen LogP contribution in [0.4, 0.5) is 0 Å². The van der Waals surface area contributed by atoms with Crippen molar-refractivity contribution in [3.8, 4) is 0 Å². The fourth-order valence-corrected chi connectivity index (χ4v) is 3.27. The number of aromatic nitrogens is 3. The Bertz CT molecular complexity index is 986. The van der Waals surface area contributed by atoms with E-state index in [9.17, 15) is 13.2 Å². The fourth-order valence-electron chi connectivity index (χ4n) is 2.08. The highest BCUT2D eigenvalue weighted by Gasteiger charge is 2.13. The zero-order valence-electron chi connectivity index (χ0n) is 12.9. The Hall–Kier alpha value is -2.52. The van der Waals surface area contributed by atoms with Gasteiger partial charge in [0.15, 0.2) is 12.3 Å². The number of Topliss-reactive ketones (excluding diaryl/α,β-unsaturated/α-hetero) is 1. The summed E-state index contributed by atoms with van der Waals surface area (Å²) in [5, 5.41) is 3.97. The molecule has 2 aromatic carbocycles. The third kappa shape index (κ3) is 4.31. The molecule has 3 rings (SSSR count). The summed E-state index contributed by atoms with van der Waals surface area (Å²) in [6.07, 6.45) is 2.58. The second kappa shape index (κ2) is 7.16. The van der Waals surface area contributed by atoms with Crippen molar-refractivity contribution in [2.75, 3.05) is 0 Å². The van der Waals surface area contributed by atoms with Crippen LogP contribution in [-0.2, 0) is 16.6 Å². The molecule has 128 valence electrons. The van der Waals surface area contributed by atoms with E-state index in [1.807, 2.05) is 0 Å². The highest BCUT2D eigenvalue weighted by Crippen LogP contribution is 2.14. The molecule has 0 unspecified atom stereocenters. The Kier molecular flexibility index (Phi) is 4.95. The average Bonchev–Trinajstić information content (AvgIpc) is 3.02. The summed E-state index contributed by atoms with van der Waals surface area (Å²) in [5.74, 6) is -0.145. The van der Waals surface area contributed by atoms with Crippen molar-refractivity contribution in [1.82, 2.24) is 9.78 Å². The summed E-state index contributed by atoms with van der Waals surface area (Å²) in [5.41, 5.74) is 0.541. The molecular formula is C16H13BrN4O3S. The molecule has 0 saturated carbocycles. The lowest BCUT2D eigenvalue weighted by Crippen LogP contribution is -2.30. The Balaban J connectivity index is 1.70. The van der Waals surface area contributed by atoms with E-state index < -0.39 is 10.0 Å². The number of ketones is 1. The highest BCUT2D eigenvalue weighted by atomic mass is 79.9. The summed E-state index contributed by atoms with van der Waals surface area (Å²) in [6.45, 7) is -0.0183. The summed E-state index contributed by atoms with van der Waals surface area (Å²) < 4.78 is 27.7. The molecule has 3 aromatic rings. The normalized spacial score (nSPS) is 11.2. The van der Waals surface area contributed by atoms with Crippen LogP contribution in [0.5, 0.6) is 0 Å². The first-order valence-electron chi connectivity index (χ1n) is 7.20. The molecule has 0 aliphatic carbocycles. The number of benzene rings is 2. The van der Waals surface area contributed by atoms with Gasteiger partial charge in [-0.05, 0) is 24.3 Å². The van der Waals surface area contributed by atoms with Crippen molar-refractivity contribution < 1.29 is 17.9 Å². The van der Waals surface area contributed by atoms with Crippen molar-refractivity contribution >= 4 is 31.7 Å². The zero-order valence-corrected chi connectivity index (χ0v) is 15.3. The molecule has 9 heteroatoms. The molecule has 25 heavy (non-hydrogen) atoms. The van der Waals surface area contributed by atoms with Gasteiger partial charge in [-0.25, -0.2) is 8.42 Å². The monoisotopic (exact) mass is 420 g/mol. The summed E-state index contributed by atoms with van der Waals surface area (Å²) >= 11 is 3.31. The van der Waals surface area contributed by atoms with Gasteiger partial charge in [-0.2, -0.15) is 0 Å². The van der Waals surface area contributed by atoms with Crippen LogP contribution < -0.4 is 4.68 Å². The van der Waals surface area contributed by atoms with Crippen LogP contribution >= 0.6 is 15.9 Å². The van der Waals surface area contributed by atoms with Crippen molar-refractivity contribution in [2.45, 2.75) is 11.4 Å². The first-order valence-corrected chi connectivity index (χ1v) is 9.43. The third-order valence-electron chi connectivity index (χ3n) is 3.28. The van der Waals surface area contributed by atoms with E-state index in [1.165, 1.54) is 29.5 Å². The van der Waals surface area contributed by atoms with Crippen LogP contribution in [0.25, 0.3) is 4.83 Å². The second-order valence-electron chi connectivity index (χ2n) is 5.12. The number of rotatable bonds is 6. The third-order valence-corrected chi connectivity index (χ3v) is 5.08. The summed E-state index contributed by atoms with van der Waals surface area (Å²) in [4.78, 5) is 16.0. The number of hydrogen-bond donors (Lipinski definition) is 0. The van der Waals surface area contributed by atoms with Crippen LogP contribution in [0.2, 0.25) is 0 Å². The lowest BCUT2D eigenvalue weighted by molar-refractivity contribution is -0.614. The van der Waals surface area contributed by atoms with Gasteiger partial charge in [-0.15, -0.1) is 4.68 Å². The molecule has 1 heterocycles. The van der Waals surface area contributed by atoms with Crippen molar-refractivity contribution in [1.29, 1.82) is 0 Å². The molecule has 0 spiro atoms. The molecule has 0 amide bonds. The van der Waals surface area contributed by atoms with E-state index in [0.29, 0.717) is 5.56 Å². The quantitative estimate of drug-likeness (QED) is 0.452. The van der Waals surface area contributed by atoms with E-state index in [0.717, 1.165) is 9.15 Å². The maximum Gasteiger partial charge on any atom is 0.255 e. The van der Waals surface area contributed by atoms with Crippen molar-refractivity contribution in [3.63, 3.8) is 0 Å². The smallest absolute Gasteiger partial charge is 0.255 e. The minimum atomic E-state index is -3.84. The van der Waals surface area contributed by atoms with Gasteiger partial charge in [-0.1, -0.05) is 46.3 Å². The minimum absolute atomic E-state index is 0.0183. The molecule has 0 saturated heterocycles. The van der Waals surface area contributed by atoms with Gasteiger partial charge in [0.2, 0.25) is 6.33 Å². The Labute approximate surface area is 153 Å². The number of sulfonamides is 1. The molecule has 0 N–H and O–H groups in total. The maximum absolute atomic E-state index is 12.2. The van der Waals surface area contributed by atoms with E-state index in [-0.39, 0.29) is 17.2 Å². The van der Waals surface area contributed by atoms with E-state index in [2.05, 4.69) is 25.9 Å². The predicted octanol–water partition coefficient (Wildman–Crippen LogP) is 2.34. The standard InChI is InChI=1S/C16H13BrN4O3S/c17-14-8-6-13(7-9-14)16(22)10-20-12-21(11-18-20)19-25(23,24)15-4-2-1-3-5-15/h1-9,11-12H,10H2. The van der Waals surface area contributed by atoms with Crippen LogP contribution in [-0.4, -0.2) is 24.0 Å². The van der Waals surface area contributed by atoms with Gasteiger partial charge in [-0.3, -0.25) is 9.47 Å². The largest absolute Gasteiger partial charge is 0.439 e. The summed E-state index contributed by atoms with van der Waals surface area (Å²) in [6, 6.07) is 14.8. The van der Waals surface area contributed by atoms with Gasteiger partial charge >= 0.3 is 0 Å². The highest BCUT2D eigenvalue weighted by molar-refractivity contribution is 9.10. The molecule has 0 atom stereocenters. The van der Waals surface area contributed by atoms with Crippen LogP contribution in [0.3, 0.4) is 0 Å². The van der Waals surface area contributed by atoms with E-state index in [4.69, 9.17) is 0 Å². The van der Waals surface area contributed by atoms with Gasteiger partial charge in [0, 0.05) is 15.1 Å². The lowest BCUT2D eigenvalue weighted by Gasteiger charge is -2.16. The molecule has 0 bridgehead atoms. The number of carbonyl (C=O) groups excluding carboxylic acids is 1. The van der Waals surface area contributed by atoms with Crippen LogP contribution in [0, 0.1) is 0 Å². The molecule has 0 fully saturated rings. The SMILES string of the molecule is O=C(Cn1c[n+]([N-]S(=O)(=O)c2ccccc2)cn1)c1ccc(Br)cc1. The second-order valence-corrected chi connectivity index (χ2v) is 7.62. The predicted molar refractivity (Wildman–Crippen MR) is 93.3 cm³/mol. The lowest BCUT2D eigenvalue weighted by atomic mass is 10.1. The summed E-state index contributed by atoms with van der Waals surface area (Å²) in [7, 11) is -3.84. The first kappa shape index (κ1) is 17.3. The van der Waals surface area contributed by atoms with Crippen molar-refractivity contribution in [2.24, 2.45) is 0 Å². The molecular weight excluding hydrogens is 408 g/mol. The molecule has 0 aliphatic rings. The molecule has 1 aromatic heterocycles. The maximum atomic E-state index is 12.2. The van der Waals surface area contributed by atoms with E-state index >= 15 is 0 Å². The zero-order chi connectivity index (χ0) is 17.9. The van der Waals surface area contributed by atoms with Crippen LogP contribution in [0.15, 0.2) is 76.6 Å². The molecule has 7 nitrogen and oxygen atoms in total. The Morgan fingerprint density at radius 3 is 2.48 bits per heavy atom.